The van der Waals surface area contributed by atoms with Gasteiger partial charge in [-0.25, -0.2) is 0 Å². The summed E-state index contributed by atoms with van der Waals surface area (Å²) in [5.41, 5.74) is 6.77. The average Bonchev–Trinajstić information content (AvgIpc) is 2.71. The summed E-state index contributed by atoms with van der Waals surface area (Å²) in [5, 5.41) is 3.03. The fourth-order valence-corrected chi connectivity index (χ4v) is 2.56. The number of thiocarbonyl (C=S) groups is 1. The number of carbonyl (C=O) groups is 1. The topological polar surface area (TPSA) is 68.0 Å². The van der Waals surface area contributed by atoms with Crippen LogP contribution < -0.4 is 11.1 Å². The Hall–Kier alpha value is -1.49. The molecule has 1 heterocycles. The summed E-state index contributed by atoms with van der Waals surface area (Å²) in [4.78, 5) is 16.5. The normalized spacial score (nSPS) is 19.8. The molecule has 4 nitrogen and oxygen atoms in total. The Labute approximate surface area is 118 Å². The number of hydrogen-bond acceptors (Lipinski definition) is 3. The Kier molecular flexibility index (Phi) is 3.13. The third-order valence-electron chi connectivity index (χ3n) is 4.58. The Bertz CT molecular complexity index is 520. The zero-order valence-electron chi connectivity index (χ0n) is 11.7. The molecule has 1 aliphatic rings. The van der Waals surface area contributed by atoms with Gasteiger partial charge in [0.2, 0.25) is 0 Å². The molecule has 3 N–H and O–H groups in total. The molecular formula is C14H19N3OS. The van der Waals surface area contributed by atoms with Crippen LogP contribution in [0.1, 0.15) is 43.7 Å². The summed E-state index contributed by atoms with van der Waals surface area (Å²) in [6.45, 7) is 8.62. The molecule has 5 heteroatoms. The molecule has 19 heavy (non-hydrogen) atoms. The van der Waals surface area contributed by atoms with Gasteiger partial charge in [-0.1, -0.05) is 39.9 Å². The molecule has 0 atom stereocenters. The third kappa shape index (κ3) is 2.23. The number of nitrogens with one attached hydrogen (secondary N) is 1. The monoisotopic (exact) mass is 277 g/mol. The molecule has 0 aliphatic heterocycles. The first-order valence-electron chi connectivity index (χ1n) is 6.24. The highest BCUT2D eigenvalue weighted by molar-refractivity contribution is 7.80. The molecule has 0 bridgehead atoms. The Balaban J connectivity index is 2.08. The van der Waals surface area contributed by atoms with Gasteiger partial charge in [-0.15, -0.1) is 0 Å². The number of amides is 1. The molecule has 0 unspecified atom stereocenters. The van der Waals surface area contributed by atoms with Gasteiger partial charge in [-0.3, -0.25) is 9.78 Å². The van der Waals surface area contributed by atoms with E-state index in [4.69, 9.17) is 18.0 Å². The van der Waals surface area contributed by atoms with Crippen molar-refractivity contribution < 1.29 is 4.79 Å². The first kappa shape index (κ1) is 13.9. The summed E-state index contributed by atoms with van der Waals surface area (Å²) in [7, 11) is 0. The lowest BCUT2D eigenvalue weighted by Gasteiger charge is -2.06. The van der Waals surface area contributed by atoms with Crippen LogP contribution in [0.2, 0.25) is 0 Å². The smallest absolute Gasteiger partial charge is 0.270 e. The van der Waals surface area contributed by atoms with Crippen molar-refractivity contribution in [2.24, 2.45) is 16.6 Å². The van der Waals surface area contributed by atoms with E-state index in [0.717, 1.165) is 0 Å². The Morgan fingerprint density at radius 2 is 1.89 bits per heavy atom. The quantitative estimate of drug-likeness (QED) is 0.828. The maximum atomic E-state index is 12.1. The first-order chi connectivity index (χ1) is 8.68. The molecule has 0 aromatic carbocycles. The predicted molar refractivity (Wildman–Crippen MR) is 78.9 cm³/mol. The molecule has 0 radical (unpaired) electrons. The van der Waals surface area contributed by atoms with E-state index in [0.29, 0.717) is 11.3 Å². The van der Waals surface area contributed by atoms with Gasteiger partial charge in [-0.2, -0.15) is 0 Å². The molecule has 1 fully saturated rings. The summed E-state index contributed by atoms with van der Waals surface area (Å²) in [5.74, 6) is -0.155. The van der Waals surface area contributed by atoms with Gasteiger partial charge in [0, 0.05) is 17.8 Å². The first-order valence-corrected chi connectivity index (χ1v) is 6.65. The fourth-order valence-electron chi connectivity index (χ4n) is 2.44. The zero-order chi connectivity index (χ0) is 14.4. The second-order valence-electron chi connectivity index (χ2n) is 6.15. The number of carbonyl (C=O) groups excluding carboxylic acids is 1. The van der Waals surface area contributed by atoms with Gasteiger partial charge in [0.15, 0.2) is 0 Å². The van der Waals surface area contributed by atoms with Crippen LogP contribution in [-0.4, -0.2) is 21.9 Å². The van der Waals surface area contributed by atoms with Crippen molar-refractivity contribution in [1.82, 2.24) is 10.3 Å². The number of nitrogens with two attached hydrogens (primary N) is 1. The van der Waals surface area contributed by atoms with E-state index in [1.54, 1.807) is 12.1 Å². The van der Waals surface area contributed by atoms with E-state index in [9.17, 15) is 4.79 Å². The summed E-state index contributed by atoms with van der Waals surface area (Å²) in [6.07, 6.45) is 1.53. The molecule has 1 saturated carbocycles. The molecule has 2 rings (SSSR count). The summed E-state index contributed by atoms with van der Waals surface area (Å²) in [6, 6.07) is 3.53. The van der Waals surface area contributed by atoms with Crippen LogP contribution >= 0.6 is 12.2 Å². The Morgan fingerprint density at radius 3 is 2.26 bits per heavy atom. The van der Waals surface area contributed by atoms with E-state index in [1.807, 2.05) is 0 Å². The van der Waals surface area contributed by atoms with Gasteiger partial charge in [-0.05, 0) is 23.0 Å². The van der Waals surface area contributed by atoms with Crippen molar-refractivity contribution in [3.05, 3.63) is 29.6 Å². The van der Waals surface area contributed by atoms with Crippen molar-refractivity contribution in [3.8, 4) is 0 Å². The van der Waals surface area contributed by atoms with Crippen molar-refractivity contribution >= 4 is 23.1 Å². The minimum Gasteiger partial charge on any atom is -0.389 e. The minimum atomic E-state index is -0.155. The van der Waals surface area contributed by atoms with Crippen LogP contribution in [0.4, 0.5) is 0 Å². The molecular weight excluding hydrogens is 258 g/mol. The zero-order valence-corrected chi connectivity index (χ0v) is 12.5. The predicted octanol–water partition coefficient (Wildman–Crippen LogP) is 1.88. The lowest BCUT2D eigenvalue weighted by molar-refractivity contribution is 0.0938. The lowest BCUT2D eigenvalue weighted by atomic mass is 10.0. The van der Waals surface area contributed by atoms with E-state index < -0.39 is 0 Å². The minimum absolute atomic E-state index is 0.113. The van der Waals surface area contributed by atoms with Gasteiger partial charge < -0.3 is 11.1 Å². The number of rotatable bonds is 3. The molecule has 0 saturated heterocycles. The second-order valence-corrected chi connectivity index (χ2v) is 6.59. The van der Waals surface area contributed by atoms with E-state index in [-0.39, 0.29) is 27.8 Å². The second kappa shape index (κ2) is 4.27. The van der Waals surface area contributed by atoms with Gasteiger partial charge in [0.05, 0.1) is 0 Å². The summed E-state index contributed by atoms with van der Waals surface area (Å²) >= 11 is 4.85. The number of nitrogens with zero attached hydrogens (tertiary/aromatic N) is 1. The lowest BCUT2D eigenvalue weighted by Crippen LogP contribution is -2.30. The number of aromatic nitrogens is 1. The van der Waals surface area contributed by atoms with Crippen LogP contribution in [0.25, 0.3) is 0 Å². The van der Waals surface area contributed by atoms with Crippen LogP contribution in [0, 0.1) is 10.8 Å². The Morgan fingerprint density at radius 1 is 1.32 bits per heavy atom. The highest BCUT2D eigenvalue weighted by Gasteiger charge is 2.65. The van der Waals surface area contributed by atoms with Crippen LogP contribution in [0.3, 0.4) is 0 Å². The standard InChI is InChI=1S/C14H19N3OS/c1-13(2)12(14(13,3)4)17-11(18)9-6-5-8(7-16-9)10(15)19/h5-7,12H,1-4H3,(H2,15,19)(H,17,18). The van der Waals surface area contributed by atoms with Gasteiger partial charge in [0.25, 0.3) is 5.91 Å². The maximum Gasteiger partial charge on any atom is 0.270 e. The average molecular weight is 277 g/mol. The highest BCUT2D eigenvalue weighted by Crippen LogP contribution is 2.62. The summed E-state index contributed by atoms with van der Waals surface area (Å²) < 4.78 is 0. The van der Waals surface area contributed by atoms with Gasteiger partial charge in [0.1, 0.15) is 10.7 Å². The molecule has 1 amide bonds. The van der Waals surface area contributed by atoms with E-state index in [2.05, 4.69) is 38.0 Å². The molecule has 102 valence electrons. The van der Waals surface area contributed by atoms with Crippen molar-refractivity contribution in [2.45, 2.75) is 33.7 Å². The third-order valence-corrected chi connectivity index (χ3v) is 4.81. The number of pyridine rings is 1. The largest absolute Gasteiger partial charge is 0.389 e. The maximum absolute atomic E-state index is 12.1. The molecule has 1 aliphatic carbocycles. The molecule has 1 aromatic heterocycles. The molecule has 1 aromatic rings. The van der Waals surface area contributed by atoms with Crippen LogP contribution in [0.15, 0.2) is 18.3 Å². The van der Waals surface area contributed by atoms with Crippen molar-refractivity contribution in [3.63, 3.8) is 0 Å². The molecule has 0 spiro atoms. The van der Waals surface area contributed by atoms with E-state index in [1.165, 1.54) is 6.20 Å². The van der Waals surface area contributed by atoms with E-state index >= 15 is 0 Å². The fraction of sp³-hybridized carbons (Fsp3) is 0.500. The van der Waals surface area contributed by atoms with Crippen molar-refractivity contribution in [1.29, 1.82) is 0 Å². The van der Waals surface area contributed by atoms with Crippen molar-refractivity contribution in [2.75, 3.05) is 0 Å². The highest BCUT2D eigenvalue weighted by atomic mass is 32.1. The van der Waals surface area contributed by atoms with Gasteiger partial charge >= 0.3 is 0 Å². The van der Waals surface area contributed by atoms with Crippen LogP contribution in [-0.2, 0) is 0 Å². The number of hydrogen-bond donors (Lipinski definition) is 2. The SMILES string of the molecule is CC1(C)C(NC(=O)c2ccc(C(N)=S)cn2)C1(C)C. The van der Waals surface area contributed by atoms with Crippen LogP contribution in [0.5, 0.6) is 0 Å².